The number of pyridine rings is 1. The molecule has 0 unspecified atom stereocenters. The Balaban J connectivity index is 2.95. The zero-order valence-corrected chi connectivity index (χ0v) is 13.9. The summed E-state index contributed by atoms with van der Waals surface area (Å²) in [5.74, 6) is -0.564. The molecule has 1 amide bonds. The summed E-state index contributed by atoms with van der Waals surface area (Å²) in [5, 5.41) is 0.978. The summed E-state index contributed by atoms with van der Waals surface area (Å²) in [5.41, 5.74) is 0.837. The molecule has 1 rings (SSSR count). The van der Waals surface area contributed by atoms with Crippen LogP contribution in [0.25, 0.3) is 0 Å². The van der Waals surface area contributed by atoms with Gasteiger partial charge in [-0.15, -0.1) is 0 Å². The second-order valence-corrected chi connectivity index (χ2v) is 4.87. The molecule has 0 spiro atoms. The second-order valence-electron chi connectivity index (χ2n) is 4.87. The van der Waals surface area contributed by atoms with E-state index in [1.54, 1.807) is 24.5 Å². The molecule has 0 aromatic carbocycles. The van der Waals surface area contributed by atoms with E-state index in [2.05, 4.69) is 4.98 Å². The van der Waals surface area contributed by atoms with Gasteiger partial charge in [0.2, 0.25) is 0 Å². The molecule has 23 heavy (non-hydrogen) atoms. The van der Waals surface area contributed by atoms with Crippen LogP contribution in [0.3, 0.4) is 0 Å². The Morgan fingerprint density at radius 1 is 1.17 bits per heavy atom. The molecule has 7 heteroatoms. The molecule has 0 saturated carbocycles. The largest absolute Gasteiger partial charge is 0.467 e. The monoisotopic (exact) mass is 324 g/mol. The number of methoxy groups -OCH3 is 1. The standard InChI is InChI=1S/C16H24N2O5/c1-4-10-22-16(20)18(23-11-5-2)14(15(19)21-3)12-13-6-8-17-9-7-13/h6-9,14H,4-5,10-12H2,1-3H3/t14-/m0/s1. The van der Waals surface area contributed by atoms with E-state index in [0.717, 1.165) is 10.6 Å². The number of hydroxylamine groups is 2. The van der Waals surface area contributed by atoms with Crippen LogP contribution in [0, 0.1) is 0 Å². The first-order valence-electron chi connectivity index (χ1n) is 7.69. The third-order valence-electron chi connectivity index (χ3n) is 2.98. The van der Waals surface area contributed by atoms with Gasteiger partial charge in [-0.1, -0.05) is 13.8 Å². The van der Waals surface area contributed by atoms with Crippen molar-refractivity contribution in [2.45, 2.75) is 39.2 Å². The number of ether oxygens (including phenoxy) is 2. The van der Waals surface area contributed by atoms with E-state index in [9.17, 15) is 9.59 Å². The summed E-state index contributed by atoms with van der Waals surface area (Å²) < 4.78 is 9.92. The lowest BCUT2D eigenvalue weighted by atomic mass is 10.1. The fourth-order valence-corrected chi connectivity index (χ4v) is 1.85. The number of rotatable bonds is 9. The predicted octanol–water partition coefficient (Wildman–Crippen LogP) is 2.36. The van der Waals surface area contributed by atoms with Gasteiger partial charge in [0.25, 0.3) is 0 Å². The van der Waals surface area contributed by atoms with Gasteiger partial charge < -0.3 is 9.47 Å². The van der Waals surface area contributed by atoms with E-state index in [1.165, 1.54) is 7.11 Å². The maximum absolute atomic E-state index is 12.2. The average Bonchev–Trinajstić information content (AvgIpc) is 2.59. The highest BCUT2D eigenvalue weighted by Crippen LogP contribution is 2.13. The maximum atomic E-state index is 12.2. The Bertz CT molecular complexity index is 481. The summed E-state index contributed by atoms with van der Waals surface area (Å²) in [7, 11) is 1.28. The van der Waals surface area contributed by atoms with Crippen molar-refractivity contribution in [3.8, 4) is 0 Å². The van der Waals surface area contributed by atoms with Crippen molar-refractivity contribution in [3.05, 3.63) is 30.1 Å². The van der Waals surface area contributed by atoms with Crippen molar-refractivity contribution in [2.75, 3.05) is 20.3 Å². The number of carbonyl (C=O) groups is 2. The summed E-state index contributed by atoms with van der Waals surface area (Å²) in [4.78, 5) is 33.7. The lowest BCUT2D eigenvalue weighted by molar-refractivity contribution is -0.184. The molecule has 1 aromatic rings. The zero-order valence-electron chi connectivity index (χ0n) is 13.9. The maximum Gasteiger partial charge on any atom is 0.434 e. The number of nitrogens with zero attached hydrogens (tertiary/aromatic N) is 2. The van der Waals surface area contributed by atoms with Gasteiger partial charge in [0.05, 0.1) is 20.3 Å². The number of carbonyl (C=O) groups excluding carboxylic acids is 2. The first kappa shape index (κ1) is 18.9. The zero-order chi connectivity index (χ0) is 17.1. The summed E-state index contributed by atoms with van der Waals surface area (Å²) in [6, 6.07) is 2.62. The molecule has 128 valence electrons. The molecular weight excluding hydrogens is 300 g/mol. The molecule has 0 aliphatic rings. The van der Waals surface area contributed by atoms with E-state index in [4.69, 9.17) is 14.3 Å². The highest BCUT2D eigenvalue weighted by molar-refractivity contribution is 5.81. The lowest BCUT2D eigenvalue weighted by Crippen LogP contribution is -2.47. The van der Waals surface area contributed by atoms with Crippen molar-refractivity contribution in [1.29, 1.82) is 0 Å². The highest BCUT2D eigenvalue weighted by Gasteiger charge is 2.33. The van der Waals surface area contributed by atoms with Crippen LogP contribution in [0.4, 0.5) is 4.79 Å². The van der Waals surface area contributed by atoms with Crippen LogP contribution in [-0.2, 0) is 25.5 Å². The highest BCUT2D eigenvalue weighted by atomic mass is 16.7. The van der Waals surface area contributed by atoms with Crippen molar-refractivity contribution < 1.29 is 23.9 Å². The van der Waals surface area contributed by atoms with Gasteiger partial charge in [0.15, 0.2) is 6.04 Å². The van der Waals surface area contributed by atoms with Gasteiger partial charge in [-0.2, -0.15) is 5.06 Å². The first-order valence-corrected chi connectivity index (χ1v) is 7.69. The van der Waals surface area contributed by atoms with Crippen molar-refractivity contribution in [2.24, 2.45) is 0 Å². The Morgan fingerprint density at radius 2 is 1.83 bits per heavy atom. The third kappa shape index (κ3) is 6.23. The summed E-state index contributed by atoms with van der Waals surface area (Å²) in [6.45, 7) is 4.35. The topological polar surface area (TPSA) is 78.0 Å². The minimum atomic E-state index is -0.918. The minimum Gasteiger partial charge on any atom is -0.467 e. The van der Waals surface area contributed by atoms with Gasteiger partial charge in [-0.3, -0.25) is 9.82 Å². The van der Waals surface area contributed by atoms with Crippen LogP contribution in [-0.4, -0.2) is 48.5 Å². The molecule has 0 saturated heterocycles. The van der Waals surface area contributed by atoms with Crippen LogP contribution in [0.1, 0.15) is 32.3 Å². The average molecular weight is 324 g/mol. The normalized spacial score (nSPS) is 11.6. The fraction of sp³-hybridized carbons (Fsp3) is 0.562. The Hall–Kier alpha value is -2.15. The molecule has 1 heterocycles. The molecule has 0 N–H and O–H groups in total. The van der Waals surface area contributed by atoms with Crippen LogP contribution < -0.4 is 0 Å². The summed E-state index contributed by atoms with van der Waals surface area (Å²) in [6.07, 6.45) is 4.18. The van der Waals surface area contributed by atoms with E-state index in [-0.39, 0.29) is 13.0 Å². The van der Waals surface area contributed by atoms with Crippen LogP contribution in [0.5, 0.6) is 0 Å². The fourth-order valence-electron chi connectivity index (χ4n) is 1.85. The van der Waals surface area contributed by atoms with Gasteiger partial charge in [0.1, 0.15) is 0 Å². The predicted molar refractivity (Wildman–Crippen MR) is 83.5 cm³/mol. The number of hydrogen-bond acceptors (Lipinski definition) is 6. The van der Waals surface area contributed by atoms with Crippen molar-refractivity contribution >= 4 is 12.1 Å². The molecule has 0 radical (unpaired) electrons. The molecule has 0 fully saturated rings. The van der Waals surface area contributed by atoms with E-state index >= 15 is 0 Å². The number of aromatic nitrogens is 1. The van der Waals surface area contributed by atoms with Crippen LogP contribution in [0.2, 0.25) is 0 Å². The Labute approximate surface area is 136 Å². The third-order valence-corrected chi connectivity index (χ3v) is 2.98. The van der Waals surface area contributed by atoms with Gasteiger partial charge in [0, 0.05) is 18.8 Å². The van der Waals surface area contributed by atoms with Crippen molar-refractivity contribution in [1.82, 2.24) is 10.0 Å². The molecule has 1 aromatic heterocycles. The van der Waals surface area contributed by atoms with Crippen LogP contribution >= 0.6 is 0 Å². The molecule has 0 bridgehead atoms. The Morgan fingerprint density at radius 3 is 2.39 bits per heavy atom. The molecule has 1 atom stereocenters. The van der Waals surface area contributed by atoms with Crippen molar-refractivity contribution in [3.63, 3.8) is 0 Å². The number of amides is 1. The Kier molecular flexibility index (Phi) is 8.67. The van der Waals surface area contributed by atoms with E-state index in [1.807, 2.05) is 13.8 Å². The SMILES string of the molecule is CCCOC(=O)N(OCCC)[C@@H](Cc1ccncc1)C(=O)OC. The van der Waals surface area contributed by atoms with E-state index < -0.39 is 18.1 Å². The van der Waals surface area contributed by atoms with Gasteiger partial charge in [-0.25, -0.2) is 9.59 Å². The molecule has 7 nitrogen and oxygen atoms in total. The minimum absolute atomic E-state index is 0.250. The molecular formula is C16H24N2O5. The second kappa shape index (κ2) is 10.6. The first-order chi connectivity index (χ1) is 11.1. The summed E-state index contributed by atoms with van der Waals surface area (Å²) >= 11 is 0. The van der Waals surface area contributed by atoms with E-state index in [0.29, 0.717) is 19.4 Å². The molecule has 0 aliphatic carbocycles. The number of hydrogen-bond donors (Lipinski definition) is 0. The quantitative estimate of drug-likeness (QED) is 0.512. The smallest absolute Gasteiger partial charge is 0.434 e. The van der Waals surface area contributed by atoms with Crippen LogP contribution in [0.15, 0.2) is 24.5 Å². The van der Waals surface area contributed by atoms with Gasteiger partial charge in [-0.05, 0) is 30.5 Å². The molecule has 0 aliphatic heterocycles. The lowest BCUT2D eigenvalue weighted by Gasteiger charge is -2.28. The number of esters is 1. The van der Waals surface area contributed by atoms with Gasteiger partial charge >= 0.3 is 12.1 Å².